The Morgan fingerprint density at radius 3 is 3.18 bits per heavy atom. The minimum atomic E-state index is 0.390. The first-order valence-corrected chi connectivity index (χ1v) is 4.34. The van der Waals surface area contributed by atoms with Crippen molar-refractivity contribution in [2.75, 3.05) is 19.7 Å². The van der Waals surface area contributed by atoms with Gasteiger partial charge in [0, 0.05) is 12.1 Å². The first kappa shape index (κ1) is 9.04. The molecular weight excluding hydrogens is 162 g/mol. The molecule has 11 heavy (non-hydrogen) atoms. The number of hydrogen-bond donors (Lipinski definition) is 1. The zero-order chi connectivity index (χ0) is 8.10. The van der Waals surface area contributed by atoms with Crippen LogP contribution in [0.2, 0.25) is 0 Å². The molecule has 1 atom stereocenters. The summed E-state index contributed by atoms with van der Waals surface area (Å²) in [4.78, 5) is 0. The molecule has 0 aromatic rings. The normalized spacial score (nSPS) is 26.0. The molecule has 0 amide bonds. The Morgan fingerprint density at radius 2 is 2.64 bits per heavy atom. The predicted octanol–water partition coefficient (Wildman–Crippen LogP) is 1.51. The van der Waals surface area contributed by atoms with Crippen LogP contribution in [0.15, 0.2) is 11.1 Å². The largest absolute Gasteiger partial charge is 0.372 e. The van der Waals surface area contributed by atoms with Crippen LogP contribution >= 0.6 is 11.6 Å². The molecule has 0 radical (unpaired) electrons. The van der Waals surface area contributed by atoms with Gasteiger partial charge in [-0.15, -0.1) is 0 Å². The van der Waals surface area contributed by atoms with Gasteiger partial charge in [-0.3, -0.25) is 0 Å². The lowest BCUT2D eigenvalue weighted by molar-refractivity contribution is 0.0847. The molecule has 1 aliphatic rings. The number of ether oxygens (including phenoxy) is 1. The van der Waals surface area contributed by atoms with E-state index in [-0.39, 0.29) is 0 Å². The number of nitrogens with one attached hydrogen (secondary N) is 1. The molecule has 0 aliphatic carbocycles. The molecule has 0 bridgehead atoms. The molecule has 1 rings (SSSR count). The van der Waals surface area contributed by atoms with Crippen LogP contribution in [-0.4, -0.2) is 25.8 Å². The third-order valence-electron chi connectivity index (χ3n) is 1.75. The third-order valence-corrected chi connectivity index (χ3v) is 2.12. The molecular formula is C8H14ClNO. The highest BCUT2D eigenvalue weighted by Crippen LogP contribution is 2.05. The Bertz CT molecular complexity index is 141. The van der Waals surface area contributed by atoms with Gasteiger partial charge >= 0.3 is 0 Å². The lowest BCUT2D eigenvalue weighted by Gasteiger charge is -2.09. The maximum absolute atomic E-state index is 5.54. The van der Waals surface area contributed by atoms with E-state index < -0.39 is 0 Å². The van der Waals surface area contributed by atoms with Gasteiger partial charge in [0.2, 0.25) is 0 Å². The third kappa shape index (κ3) is 3.23. The van der Waals surface area contributed by atoms with Crippen LogP contribution in [-0.2, 0) is 4.74 Å². The van der Waals surface area contributed by atoms with Crippen molar-refractivity contribution in [1.29, 1.82) is 0 Å². The first-order chi connectivity index (χ1) is 5.33. The SMILES string of the molecule is C/C(=C\Cl)COC1CCNC1. The van der Waals surface area contributed by atoms with E-state index in [9.17, 15) is 0 Å². The van der Waals surface area contributed by atoms with E-state index in [1.807, 2.05) is 6.92 Å². The van der Waals surface area contributed by atoms with Crippen molar-refractivity contribution >= 4 is 11.6 Å². The summed E-state index contributed by atoms with van der Waals surface area (Å²) in [6.07, 6.45) is 1.51. The molecule has 64 valence electrons. The summed E-state index contributed by atoms with van der Waals surface area (Å²) in [5.74, 6) is 0. The lowest BCUT2D eigenvalue weighted by Crippen LogP contribution is -2.17. The molecule has 3 heteroatoms. The number of rotatable bonds is 3. The smallest absolute Gasteiger partial charge is 0.0715 e. The maximum Gasteiger partial charge on any atom is 0.0715 e. The van der Waals surface area contributed by atoms with E-state index >= 15 is 0 Å². The lowest BCUT2D eigenvalue weighted by atomic mass is 10.3. The van der Waals surface area contributed by atoms with Crippen LogP contribution < -0.4 is 5.32 Å². The summed E-state index contributed by atoms with van der Waals surface area (Å²) in [6, 6.07) is 0. The highest BCUT2D eigenvalue weighted by Gasteiger charge is 2.13. The van der Waals surface area contributed by atoms with E-state index in [2.05, 4.69) is 5.32 Å². The molecule has 0 aromatic heterocycles. The van der Waals surface area contributed by atoms with Crippen molar-refractivity contribution in [3.8, 4) is 0 Å². The Balaban J connectivity index is 2.11. The quantitative estimate of drug-likeness (QED) is 0.702. The molecule has 1 aliphatic heterocycles. The summed E-state index contributed by atoms with van der Waals surface area (Å²) in [5, 5.41) is 3.24. The molecule has 0 aromatic carbocycles. The Morgan fingerprint density at radius 1 is 1.82 bits per heavy atom. The van der Waals surface area contributed by atoms with Gasteiger partial charge in [-0.05, 0) is 25.5 Å². The van der Waals surface area contributed by atoms with Crippen molar-refractivity contribution in [1.82, 2.24) is 5.32 Å². The summed E-state index contributed by atoms with van der Waals surface area (Å²) >= 11 is 5.48. The topological polar surface area (TPSA) is 21.3 Å². The number of halogens is 1. The molecule has 1 unspecified atom stereocenters. The van der Waals surface area contributed by atoms with Crippen LogP contribution in [0.3, 0.4) is 0 Å². The van der Waals surface area contributed by atoms with Gasteiger partial charge < -0.3 is 10.1 Å². The second-order valence-electron chi connectivity index (χ2n) is 2.88. The highest BCUT2D eigenvalue weighted by atomic mass is 35.5. The number of hydrogen-bond acceptors (Lipinski definition) is 2. The van der Waals surface area contributed by atoms with E-state index in [1.54, 1.807) is 5.54 Å². The van der Waals surface area contributed by atoms with E-state index in [1.165, 1.54) is 0 Å². The summed E-state index contributed by atoms with van der Waals surface area (Å²) in [7, 11) is 0. The monoisotopic (exact) mass is 175 g/mol. The van der Waals surface area contributed by atoms with Gasteiger partial charge in [0.05, 0.1) is 12.7 Å². The molecule has 2 nitrogen and oxygen atoms in total. The maximum atomic E-state index is 5.54. The molecule has 0 spiro atoms. The van der Waals surface area contributed by atoms with Gasteiger partial charge in [0.15, 0.2) is 0 Å². The average molecular weight is 176 g/mol. The van der Waals surface area contributed by atoms with E-state index in [0.29, 0.717) is 12.7 Å². The fraction of sp³-hybridized carbons (Fsp3) is 0.750. The highest BCUT2D eigenvalue weighted by molar-refractivity contribution is 6.25. The fourth-order valence-electron chi connectivity index (χ4n) is 1.05. The van der Waals surface area contributed by atoms with Gasteiger partial charge in [-0.2, -0.15) is 0 Å². The molecule has 1 saturated heterocycles. The van der Waals surface area contributed by atoms with Crippen LogP contribution in [0.25, 0.3) is 0 Å². The van der Waals surface area contributed by atoms with Crippen molar-refractivity contribution in [2.24, 2.45) is 0 Å². The molecule has 1 N–H and O–H groups in total. The molecule has 1 fully saturated rings. The minimum absolute atomic E-state index is 0.390. The van der Waals surface area contributed by atoms with Crippen LogP contribution in [0.4, 0.5) is 0 Å². The van der Waals surface area contributed by atoms with Gasteiger partial charge in [0.25, 0.3) is 0 Å². The summed E-state index contributed by atoms with van der Waals surface area (Å²) in [6.45, 7) is 4.69. The standard InChI is InChI=1S/C8H14ClNO/c1-7(4-9)6-11-8-2-3-10-5-8/h4,8,10H,2-3,5-6H2,1H3/b7-4+. The zero-order valence-corrected chi connectivity index (χ0v) is 7.53. The van der Waals surface area contributed by atoms with Crippen LogP contribution in [0.1, 0.15) is 13.3 Å². The van der Waals surface area contributed by atoms with Crippen molar-refractivity contribution in [3.63, 3.8) is 0 Å². The first-order valence-electron chi connectivity index (χ1n) is 3.91. The van der Waals surface area contributed by atoms with Gasteiger partial charge in [0.1, 0.15) is 0 Å². The Labute approximate surface area is 72.6 Å². The van der Waals surface area contributed by atoms with Crippen LogP contribution in [0.5, 0.6) is 0 Å². The second kappa shape index (κ2) is 4.75. The van der Waals surface area contributed by atoms with Crippen molar-refractivity contribution in [2.45, 2.75) is 19.4 Å². The molecule has 1 heterocycles. The zero-order valence-electron chi connectivity index (χ0n) is 6.77. The van der Waals surface area contributed by atoms with Gasteiger partial charge in [-0.25, -0.2) is 0 Å². The minimum Gasteiger partial charge on any atom is -0.372 e. The Hall–Kier alpha value is -0.0500. The van der Waals surface area contributed by atoms with Gasteiger partial charge in [-0.1, -0.05) is 11.6 Å². The fourth-order valence-corrected chi connectivity index (χ4v) is 1.11. The molecule has 0 saturated carbocycles. The predicted molar refractivity (Wildman–Crippen MR) is 46.8 cm³/mol. The van der Waals surface area contributed by atoms with Crippen molar-refractivity contribution < 1.29 is 4.74 Å². The Kier molecular flexibility index (Phi) is 3.91. The second-order valence-corrected chi connectivity index (χ2v) is 3.10. The summed E-state index contributed by atoms with van der Waals surface area (Å²) in [5.41, 5.74) is 2.65. The summed E-state index contributed by atoms with van der Waals surface area (Å²) < 4.78 is 5.54. The van der Waals surface area contributed by atoms with E-state index in [0.717, 1.165) is 25.1 Å². The van der Waals surface area contributed by atoms with Crippen LogP contribution in [0, 0.1) is 0 Å². The van der Waals surface area contributed by atoms with E-state index in [4.69, 9.17) is 16.3 Å². The van der Waals surface area contributed by atoms with Crippen molar-refractivity contribution in [3.05, 3.63) is 11.1 Å². The average Bonchev–Trinajstić information content (AvgIpc) is 2.52.